The zero-order valence-corrected chi connectivity index (χ0v) is 18.9. The molecule has 1 saturated heterocycles. The number of hydrogen-bond donors (Lipinski definition) is 0. The van der Waals surface area contributed by atoms with E-state index in [1.165, 1.54) is 6.33 Å². The van der Waals surface area contributed by atoms with Crippen LogP contribution in [0.25, 0.3) is 16.9 Å². The fourth-order valence-electron chi connectivity index (χ4n) is 4.04. The fourth-order valence-corrected chi connectivity index (χ4v) is 5.57. The number of fused-ring (bicyclic) bond motifs is 1. The van der Waals surface area contributed by atoms with Crippen molar-refractivity contribution < 1.29 is 21.9 Å². The molecule has 2 aromatic heterocycles. The van der Waals surface area contributed by atoms with Crippen LogP contribution in [0.5, 0.6) is 5.75 Å². The molecule has 1 fully saturated rings. The summed E-state index contributed by atoms with van der Waals surface area (Å²) in [6, 6.07) is 10.5. The van der Waals surface area contributed by atoms with Gasteiger partial charge in [-0.25, -0.2) is 22.2 Å². The Morgan fingerprint density at radius 2 is 1.62 bits per heavy atom. The second-order valence-electron chi connectivity index (χ2n) is 7.64. The molecule has 0 amide bonds. The number of ether oxygens (including phenoxy) is 1. The highest BCUT2D eigenvalue weighted by molar-refractivity contribution is 7.89. The molecule has 1 aliphatic rings. The molecule has 9 nitrogen and oxygen atoms in total. The van der Waals surface area contributed by atoms with Crippen LogP contribution in [-0.2, 0) is 10.0 Å². The van der Waals surface area contributed by atoms with Gasteiger partial charge >= 0.3 is 0 Å². The Morgan fingerprint density at radius 1 is 0.941 bits per heavy atom. The summed E-state index contributed by atoms with van der Waals surface area (Å²) in [7, 11) is -2.75. The van der Waals surface area contributed by atoms with E-state index >= 15 is 0 Å². The van der Waals surface area contributed by atoms with Gasteiger partial charge in [0.1, 0.15) is 29.5 Å². The number of anilines is 1. The number of sulfonamides is 1. The molecule has 34 heavy (non-hydrogen) atoms. The number of piperazine rings is 1. The van der Waals surface area contributed by atoms with Gasteiger partial charge in [-0.3, -0.25) is 0 Å². The van der Waals surface area contributed by atoms with Gasteiger partial charge in [-0.2, -0.15) is 18.9 Å². The zero-order chi connectivity index (χ0) is 23.9. The van der Waals surface area contributed by atoms with Crippen LogP contribution in [0.15, 0.2) is 59.9 Å². The molecular weight excluding hydrogens is 466 g/mol. The molecule has 0 saturated carbocycles. The SMILES string of the molecule is COc1ccc(-c2cnc3ncnn3c2N2CCN(S(=O)(=O)c3c(F)cccc3F)CC2)cc1. The lowest BCUT2D eigenvalue weighted by molar-refractivity contribution is 0.377. The maximum atomic E-state index is 14.2. The third-order valence-electron chi connectivity index (χ3n) is 5.74. The minimum Gasteiger partial charge on any atom is -0.497 e. The van der Waals surface area contributed by atoms with Crippen molar-refractivity contribution in [2.45, 2.75) is 4.90 Å². The summed E-state index contributed by atoms with van der Waals surface area (Å²) in [4.78, 5) is 9.56. The monoisotopic (exact) mass is 486 g/mol. The van der Waals surface area contributed by atoms with Crippen molar-refractivity contribution in [1.82, 2.24) is 23.9 Å². The first kappa shape index (κ1) is 22.2. The molecule has 12 heteroatoms. The Hall–Kier alpha value is -3.64. The van der Waals surface area contributed by atoms with Gasteiger partial charge in [-0.1, -0.05) is 18.2 Å². The van der Waals surface area contributed by atoms with Crippen molar-refractivity contribution in [3.8, 4) is 16.9 Å². The average molecular weight is 487 g/mol. The molecular formula is C22H20F2N6O3S. The molecule has 2 aromatic carbocycles. The molecule has 1 aliphatic heterocycles. The quantitative estimate of drug-likeness (QED) is 0.428. The van der Waals surface area contributed by atoms with Gasteiger partial charge in [0.05, 0.1) is 7.11 Å². The molecule has 0 radical (unpaired) electrons. The third kappa shape index (κ3) is 3.74. The smallest absolute Gasteiger partial charge is 0.254 e. The average Bonchev–Trinajstić information content (AvgIpc) is 3.32. The number of aromatic nitrogens is 4. The normalized spacial score (nSPS) is 15.1. The summed E-state index contributed by atoms with van der Waals surface area (Å²) < 4.78 is 62.2. The first-order valence-corrected chi connectivity index (χ1v) is 11.9. The molecule has 0 spiro atoms. The van der Waals surface area contributed by atoms with Gasteiger partial charge in [0.25, 0.3) is 5.78 Å². The van der Waals surface area contributed by atoms with Crippen molar-refractivity contribution in [2.75, 3.05) is 38.2 Å². The maximum Gasteiger partial charge on any atom is 0.254 e. The van der Waals surface area contributed by atoms with Crippen LogP contribution in [0.4, 0.5) is 14.6 Å². The van der Waals surface area contributed by atoms with Crippen LogP contribution in [0.1, 0.15) is 0 Å². The van der Waals surface area contributed by atoms with E-state index in [2.05, 4.69) is 15.1 Å². The summed E-state index contributed by atoms with van der Waals surface area (Å²) in [5.74, 6) is -0.415. The lowest BCUT2D eigenvalue weighted by Gasteiger charge is -2.36. The summed E-state index contributed by atoms with van der Waals surface area (Å²) in [5.41, 5.74) is 1.64. The van der Waals surface area contributed by atoms with E-state index < -0.39 is 26.6 Å². The van der Waals surface area contributed by atoms with Crippen molar-refractivity contribution in [3.05, 3.63) is 66.6 Å². The second kappa shape index (κ2) is 8.61. The number of halogens is 2. The first-order chi connectivity index (χ1) is 16.4. The van der Waals surface area contributed by atoms with E-state index in [-0.39, 0.29) is 26.2 Å². The lowest BCUT2D eigenvalue weighted by atomic mass is 10.1. The Morgan fingerprint density at radius 3 is 2.26 bits per heavy atom. The number of rotatable bonds is 5. The number of hydrogen-bond acceptors (Lipinski definition) is 7. The summed E-state index contributed by atoms with van der Waals surface area (Å²) in [6.45, 7) is 0.627. The predicted molar refractivity (Wildman–Crippen MR) is 120 cm³/mol. The summed E-state index contributed by atoms with van der Waals surface area (Å²) in [6.07, 6.45) is 3.09. The lowest BCUT2D eigenvalue weighted by Crippen LogP contribution is -2.49. The van der Waals surface area contributed by atoms with Crippen LogP contribution in [-0.4, -0.2) is 65.6 Å². The van der Waals surface area contributed by atoms with Crippen LogP contribution in [0.3, 0.4) is 0 Å². The van der Waals surface area contributed by atoms with Crippen molar-refractivity contribution >= 4 is 21.6 Å². The highest BCUT2D eigenvalue weighted by Gasteiger charge is 2.34. The van der Waals surface area contributed by atoms with E-state index in [1.54, 1.807) is 17.8 Å². The number of methoxy groups -OCH3 is 1. The summed E-state index contributed by atoms with van der Waals surface area (Å²) in [5, 5.41) is 4.30. The largest absolute Gasteiger partial charge is 0.497 e. The molecule has 0 unspecified atom stereocenters. The Bertz CT molecular complexity index is 1430. The van der Waals surface area contributed by atoms with Gasteiger partial charge in [-0.05, 0) is 29.8 Å². The Balaban J connectivity index is 1.48. The van der Waals surface area contributed by atoms with Crippen LogP contribution >= 0.6 is 0 Å². The molecule has 0 bridgehead atoms. The van der Waals surface area contributed by atoms with Crippen molar-refractivity contribution in [3.63, 3.8) is 0 Å². The Kier molecular flexibility index (Phi) is 5.62. The van der Waals surface area contributed by atoms with Gasteiger partial charge in [0, 0.05) is 37.9 Å². The number of nitrogens with zero attached hydrogens (tertiary/aromatic N) is 6. The van der Waals surface area contributed by atoms with Gasteiger partial charge in [-0.15, -0.1) is 0 Å². The molecule has 176 valence electrons. The van der Waals surface area contributed by atoms with Crippen molar-refractivity contribution in [2.24, 2.45) is 0 Å². The van der Waals surface area contributed by atoms with E-state index in [9.17, 15) is 17.2 Å². The van der Waals surface area contributed by atoms with Crippen LogP contribution < -0.4 is 9.64 Å². The maximum absolute atomic E-state index is 14.2. The van der Waals surface area contributed by atoms with E-state index in [0.29, 0.717) is 17.3 Å². The summed E-state index contributed by atoms with van der Waals surface area (Å²) >= 11 is 0. The zero-order valence-electron chi connectivity index (χ0n) is 18.1. The molecule has 0 atom stereocenters. The van der Waals surface area contributed by atoms with E-state index in [4.69, 9.17) is 4.74 Å². The molecule has 4 aromatic rings. The van der Waals surface area contributed by atoms with E-state index in [0.717, 1.165) is 33.6 Å². The van der Waals surface area contributed by atoms with Crippen molar-refractivity contribution in [1.29, 1.82) is 0 Å². The van der Waals surface area contributed by atoms with Gasteiger partial charge < -0.3 is 9.64 Å². The van der Waals surface area contributed by atoms with E-state index in [1.807, 2.05) is 29.2 Å². The highest BCUT2D eigenvalue weighted by Crippen LogP contribution is 2.33. The minimum absolute atomic E-state index is 0.0384. The second-order valence-corrected chi connectivity index (χ2v) is 9.51. The first-order valence-electron chi connectivity index (χ1n) is 10.4. The molecule has 0 N–H and O–H groups in total. The topological polar surface area (TPSA) is 92.9 Å². The minimum atomic E-state index is -4.33. The third-order valence-corrected chi connectivity index (χ3v) is 7.69. The standard InChI is InChI=1S/C22H20F2N6O3S/c1-33-16-7-5-15(6-8-16)17-13-25-22-26-14-27-30(22)21(17)28-9-11-29(12-10-28)34(31,32)20-18(23)3-2-4-19(20)24/h2-8,13-14H,9-12H2,1H3. The van der Waals surface area contributed by atoms with Crippen LogP contribution in [0, 0.1) is 11.6 Å². The van der Waals surface area contributed by atoms with Crippen LogP contribution in [0.2, 0.25) is 0 Å². The molecule has 0 aliphatic carbocycles. The molecule has 3 heterocycles. The number of benzene rings is 2. The fraction of sp³-hybridized carbons (Fsp3) is 0.227. The predicted octanol–water partition coefficient (Wildman–Crippen LogP) is 2.59. The van der Waals surface area contributed by atoms with Gasteiger partial charge in [0.15, 0.2) is 4.90 Å². The molecule has 5 rings (SSSR count). The Labute approximate surface area is 194 Å². The van der Waals surface area contributed by atoms with Gasteiger partial charge in [0.2, 0.25) is 10.0 Å². The highest BCUT2D eigenvalue weighted by atomic mass is 32.2.